The van der Waals surface area contributed by atoms with Gasteiger partial charge < -0.3 is 10.1 Å². The van der Waals surface area contributed by atoms with E-state index in [1.165, 1.54) is 6.07 Å². The second kappa shape index (κ2) is 6.11. The molecule has 0 amide bonds. The van der Waals surface area contributed by atoms with Gasteiger partial charge in [-0.2, -0.15) is 0 Å². The second-order valence-electron chi connectivity index (χ2n) is 2.92. The van der Waals surface area contributed by atoms with E-state index in [1.807, 2.05) is 6.07 Å². The molecule has 78 valence electrons. The van der Waals surface area contributed by atoms with Gasteiger partial charge in [-0.25, -0.2) is 4.39 Å². The van der Waals surface area contributed by atoms with E-state index in [4.69, 9.17) is 4.74 Å². The predicted octanol–water partition coefficient (Wildman–Crippen LogP) is 2.32. The van der Waals surface area contributed by atoms with Crippen molar-refractivity contribution in [2.24, 2.45) is 0 Å². The molecule has 0 saturated heterocycles. The van der Waals surface area contributed by atoms with Crippen LogP contribution in [0.3, 0.4) is 0 Å². The molecule has 2 nitrogen and oxygen atoms in total. The monoisotopic (exact) mass is 261 g/mol. The third-order valence-corrected chi connectivity index (χ3v) is 2.44. The van der Waals surface area contributed by atoms with Crippen molar-refractivity contribution in [3.63, 3.8) is 0 Å². The summed E-state index contributed by atoms with van der Waals surface area (Å²) in [5.74, 6) is -0.226. The minimum atomic E-state index is -0.226. The molecule has 0 heterocycles. The summed E-state index contributed by atoms with van der Waals surface area (Å²) < 4.78 is 18.4. The van der Waals surface area contributed by atoms with Crippen LogP contribution in [-0.2, 0) is 11.3 Å². The van der Waals surface area contributed by atoms with Crippen molar-refractivity contribution in [3.05, 3.63) is 34.1 Å². The van der Waals surface area contributed by atoms with Crippen LogP contribution in [0.4, 0.5) is 4.39 Å². The van der Waals surface area contributed by atoms with Gasteiger partial charge in [0.25, 0.3) is 0 Å². The number of halogens is 2. The Labute approximate surface area is 91.6 Å². The van der Waals surface area contributed by atoms with Gasteiger partial charge in [-0.15, -0.1) is 0 Å². The lowest BCUT2D eigenvalue weighted by Gasteiger charge is -2.04. The Morgan fingerprint density at radius 1 is 1.50 bits per heavy atom. The topological polar surface area (TPSA) is 21.3 Å². The average molecular weight is 262 g/mol. The SMILES string of the molecule is COCCNCc1ccc(Br)c(F)c1. The summed E-state index contributed by atoms with van der Waals surface area (Å²) >= 11 is 3.11. The first kappa shape index (κ1) is 11.6. The Kier molecular flexibility index (Phi) is 5.07. The Balaban J connectivity index is 2.39. The van der Waals surface area contributed by atoms with Gasteiger partial charge >= 0.3 is 0 Å². The molecule has 0 aromatic heterocycles. The molecule has 1 N–H and O–H groups in total. The second-order valence-corrected chi connectivity index (χ2v) is 3.77. The fraction of sp³-hybridized carbons (Fsp3) is 0.400. The number of methoxy groups -OCH3 is 1. The first-order valence-corrected chi connectivity index (χ1v) is 5.17. The van der Waals surface area contributed by atoms with E-state index >= 15 is 0 Å². The molecule has 0 aliphatic rings. The first-order valence-electron chi connectivity index (χ1n) is 4.37. The van der Waals surface area contributed by atoms with Crippen LogP contribution in [0.5, 0.6) is 0 Å². The highest BCUT2D eigenvalue weighted by molar-refractivity contribution is 9.10. The lowest BCUT2D eigenvalue weighted by molar-refractivity contribution is 0.199. The van der Waals surface area contributed by atoms with Crippen LogP contribution in [0.15, 0.2) is 22.7 Å². The standard InChI is InChI=1S/C10H13BrFNO/c1-14-5-4-13-7-8-2-3-9(11)10(12)6-8/h2-3,6,13H,4-5,7H2,1H3. The van der Waals surface area contributed by atoms with Crippen molar-refractivity contribution in [2.45, 2.75) is 6.54 Å². The molecule has 0 atom stereocenters. The summed E-state index contributed by atoms with van der Waals surface area (Å²) in [6, 6.07) is 5.11. The summed E-state index contributed by atoms with van der Waals surface area (Å²) in [5.41, 5.74) is 0.932. The number of hydrogen-bond donors (Lipinski definition) is 1. The van der Waals surface area contributed by atoms with Gasteiger partial charge in [-0.1, -0.05) is 6.07 Å². The molecule has 1 rings (SSSR count). The van der Waals surface area contributed by atoms with E-state index in [2.05, 4.69) is 21.2 Å². The van der Waals surface area contributed by atoms with Crippen LogP contribution in [0.25, 0.3) is 0 Å². The summed E-state index contributed by atoms with van der Waals surface area (Å²) in [7, 11) is 1.65. The Morgan fingerprint density at radius 2 is 2.29 bits per heavy atom. The molecule has 0 radical (unpaired) electrons. The van der Waals surface area contributed by atoms with Gasteiger partial charge in [-0.05, 0) is 33.6 Å². The van der Waals surface area contributed by atoms with Crippen LogP contribution in [-0.4, -0.2) is 20.3 Å². The molecule has 1 aromatic rings. The van der Waals surface area contributed by atoms with Gasteiger partial charge in [0.1, 0.15) is 5.82 Å². The molecule has 0 fully saturated rings. The third-order valence-electron chi connectivity index (χ3n) is 1.80. The van der Waals surface area contributed by atoms with Crippen LogP contribution >= 0.6 is 15.9 Å². The molecule has 4 heteroatoms. The van der Waals surface area contributed by atoms with E-state index in [9.17, 15) is 4.39 Å². The molecule has 1 aromatic carbocycles. The van der Waals surface area contributed by atoms with Crippen LogP contribution in [0.2, 0.25) is 0 Å². The lowest BCUT2D eigenvalue weighted by Crippen LogP contribution is -2.18. The molecular formula is C10H13BrFNO. The number of benzene rings is 1. The lowest BCUT2D eigenvalue weighted by atomic mass is 10.2. The maximum Gasteiger partial charge on any atom is 0.137 e. The summed E-state index contributed by atoms with van der Waals surface area (Å²) in [6.45, 7) is 2.10. The van der Waals surface area contributed by atoms with Gasteiger partial charge in [0.2, 0.25) is 0 Å². The average Bonchev–Trinajstić information content (AvgIpc) is 2.18. The van der Waals surface area contributed by atoms with Crippen LogP contribution < -0.4 is 5.32 Å². The number of rotatable bonds is 5. The van der Waals surface area contributed by atoms with E-state index in [0.717, 1.165) is 12.1 Å². The molecule has 0 bridgehead atoms. The van der Waals surface area contributed by atoms with Gasteiger partial charge in [0, 0.05) is 20.2 Å². The third kappa shape index (κ3) is 3.74. The number of nitrogens with one attached hydrogen (secondary N) is 1. The molecule has 14 heavy (non-hydrogen) atoms. The van der Waals surface area contributed by atoms with Crippen molar-refractivity contribution in [1.29, 1.82) is 0 Å². The van der Waals surface area contributed by atoms with Crippen molar-refractivity contribution in [2.75, 3.05) is 20.3 Å². The van der Waals surface area contributed by atoms with Crippen LogP contribution in [0.1, 0.15) is 5.56 Å². The Morgan fingerprint density at radius 3 is 2.93 bits per heavy atom. The maximum absolute atomic E-state index is 13.1. The van der Waals surface area contributed by atoms with Crippen molar-refractivity contribution in [1.82, 2.24) is 5.32 Å². The summed E-state index contributed by atoms with van der Waals surface area (Å²) in [6.07, 6.45) is 0. The van der Waals surface area contributed by atoms with Gasteiger partial charge in [-0.3, -0.25) is 0 Å². The van der Waals surface area contributed by atoms with Crippen molar-refractivity contribution >= 4 is 15.9 Å². The highest BCUT2D eigenvalue weighted by atomic mass is 79.9. The highest BCUT2D eigenvalue weighted by Crippen LogP contribution is 2.15. The fourth-order valence-corrected chi connectivity index (χ4v) is 1.30. The molecule has 0 aliphatic carbocycles. The quantitative estimate of drug-likeness (QED) is 0.822. The van der Waals surface area contributed by atoms with E-state index in [-0.39, 0.29) is 5.82 Å². The largest absolute Gasteiger partial charge is 0.383 e. The Bertz CT molecular complexity index is 293. The van der Waals surface area contributed by atoms with E-state index in [1.54, 1.807) is 13.2 Å². The smallest absolute Gasteiger partial charge is 0.137 e. The minimum absolute atomic E-state index is 0.226. The molecular weight excluding hydrogens is 249 g/mol. The zero-order valence-electron chi connectivity index (χ0n) is 8.02. The van der Waals surface area contributed by atoms with E-state index in [0.29, 0.717) is 17.6 Å². The predicted molar refractivity (Wildman–Crippen MR) is 57.7 cm³/mol. The summed E-state index contributed by atoms with van der Waals surface area (Å²) in [5, 5.41) is 3.14. The molecule has 0 spiro atoms. The van der Waals surface area contributed by atoms with E-state index < -0.39 is 0 Å². The normalized spacial score (nSPS) is 10.5. The maximum atomic E-state index is 13.1. The van der Waals surface area contributed by atoms with Crippen LogP contribution in [0, 0.1) is 5.82 Å². The highest BCUT2D eigenvalue weighted by Gasteiger charge is 1.99. The molecule has 0 aliphatic heterocycles. The fourth-order valence-electron chi connectivity index (χ4n) is 1.06. The molecule has 0 saturated carbocycles. The number of hydrogen-bond acceptors (Lipinski definition) is 2. The van der Waals surface area contributed by atoms with Crippen molar-refractivity contribution in [3.8, 4) is 0 Å². The Hall–Kier alpha value is -0.450. The number of ether oxygens (including phenoxy) is 1. The zero-order chi connectivity index (χ0) is 10.4. The summed E-state index contributed by atoms with van der Waals surface area (Å²) in [4.78, 5) is 0. The zero-order valence-corrected chi connectivity index (χ0v) is 9.60. The van der Waals surface area contributed by atoms with Gasteiger partial charge in [0.05, 0.1) is 11.1 Å². The minimum Gasteiger partial charge on any atom is -0.383 e. The van der Waals surface area contributed by atoms with Gasteiger partial charge in [0.15, 0.2) is 0 Å². The first-order chi connectivity index (χ1) is 6.74. The van der Waals surface area contributed by atoms with Crippen molar-refractivity contribution < 1.29 is 9.13 Å². The molecule has 0 unspecified atom stereocenters.